The summed E-state index contributed by atoms with van der Waals surface area (Å²) in [5, 5.41) is 5.37. The van der Waals surface area contributed by atoms with E-state index < -0.39 is 0 Å². The highest BCUT2D eigenvalue weighted by molar-refractivity contribution is 9.10. The van der Waals surface area contributed by atoms with Gasteiger partial charge in [-0.3, -0.25) is 0 Å². The molecule has 1 heterocycles. The van der Waals surface area contributed by atoms with Gasteiger partial charge in [0.1, 0.15) is 0 Å². The molecule has 0 spiro atoms. The summed E-state index contributed by atoms with van der Waals surface area (Å²) in [4.78, 5) is 1.35. The van der Waals surface area contributed by atoms with E-state index in [1.807, 2.05) is 0 Å². The molecule has 1 N–H and O–H groups in total. The lowest BCUT2D eigenvalue weighted by atomic mass is 10.4. The Kier molecular flexibility index (Phi) is 8.00. The topological polar surface area (TPSA) is 21.3 Å². The van der Waals surface area contributed by atoms with Gasteiger partial charge in [0.05, 0.1) is 6.61 Å². The maximum absolute atomic E-state index is 4.92. The third-order valence-corrected chi connectivity index (χ3v) is 3.10. The van der Waals surface area contributed by atoms with Gasteiger partial charge >= 0.3 is 0 Å². The number of hydrogen-bond donors (Lipinski definition) is 1. The summed E-state index contributed by atoms with van der Waals surface area (Å²) in [6.45, 7) is 2.61. The Morgan fingerprint density at radius 1 is 1.62 bits per heavy atom. The van der Waals surface area contributed by atoms with Gasteiger partial charge in [-0.25, -0.2) is 0 Å². The third kappa shape index (κ3) is 5.65. The summed E-state index contributed by atoms with van der Waals surface area (Å²) in [5.74, 6) is 0. The van der Waals surface area contributed by atoms with E-state index in [1.54, 1.807) is 18.4 Å². The Hall–Kier alpha value is 0.390. The van der Waals surface area contributed by atoms with Crippen LogP contribution in [0.4, 0.5) is 0 Å². The standard InChI is InChI=1S/C8H12BrNOS.ClH/c1-11-3-2-10-5-8-4-7(9)6-12-8;/h4,6,10H,2-3,5H2,1H3;1H. The fourth-order valence-electron chi connectivity index (χ4n) is 0.832. The molecule has 0 aliphatic rings. The number of ether oxygens (including phenoxy) is 1. The number of methoxy groups -OCH3 is 1. The molecule has 0 aliphatic carbocycles. The van der Waals surface area contributed by atoms with E-state index in [-0.39, 0.29) is 12.4 Å². The van der Waals surface area contributed by atoms with Crippen molar-refractivity contribution in [1.82, 2.24) is 5.32 Å². The normalized spacial score (nSPS) is 9.69. The largest absolute Gasteiger partial charge is 0.383 e. The average molecular weight is 287 g/mol. The van der Waals surface area contributed by atoms with E-state index in [1.165, 1.54) is 4.88 Å². The van der Waals surface area contributed by atoms with Gasteiger partial charge in [-0.2, -0.15) is 0 Å². The molecule has 1 rings (SSSR count). The fourth-order valence-corrected chi connectivity index (χ4v) is 2.25. The molecule has 0 saturated carbocycles. The molecule has 0 atom stereocenters. The van der Waals surface area contributed by atoms with Crippen molar-refractivity contribution in [2.75, 3.05) is 20.3 Å². The van der Waals surface area contributed by atoms with Crippen LogP contribution in [-0.4, -0.2) is 20.3 Å². The van der Waals surface area contributed by atoms with E-state index in [0.29, 0.717) is 0 Å². The zero-order valence-corrected chi connectivity index (χ0v) is 10.6. The minimum atomic E-state index is 0. The van der Waals surface area contributed by atoms with Crippen molar-refractivity contribution in [1.29, 1.82) is 0 Å². The number of hydrogen-bond acceptors (Lipinski definition) is 3. The molecule has 13 heavy (non-hydrogen) atoms. The van der Waals surface area contributed by atoms with Crippen LogP contribution in [0.5, 0.6) is 0 Å². The summed E-state index contributed by atoms with van der Waals surface area (Å²) in [7, 11) is 1.71. The second-order valence-electron chi connectivity index (χ2n) is 2.40. The second kappa shape index (κ2) is 7.76. The highest BCUT2D eigenvalue weighted by Gasteiger charge is 1.95. The summed E-state index contributed by atoms with van der Waals surface area (Å²) in [6.07, 6.45) is 0. The first-order valence-corrected chi connectivity index (χ1v) is 5.43. The summed E-state index contributed by atoms with van der Waals surface area (Å²) >= 11 is 5.17. The highest BCUT2D eigenvalue weighted by atomic mass is 79.9. The Bertz CT molecular complexity index is 232. The van der Waals surface area contributed by atoms with Crippen molar-refractivity contribution in [3.05, 3.63) is 20.8 Å². The molecule has 0 bridgehead atoms. The van der Waals surface area contributed by atoms with Crippen LogP contribution >= 0.6 is 39.7 Å². The molecule has 0 saturated heterocycles. The zero-order valence-electron chi connectivity index (χ0n) is 7.38. The second-order valence-corrected chi connectivity index (χ2v) is 4.31. The van der Waals surface area contributed by atoms with Crippen molar-refractivity contribution in [3.63, 3.8) is 0 Å². The predicted octanol–water partition coefficient (Wildman–Crippen LogP) is 2.67. The first kappa shape index (κ1) is 13.4. The third-order valence-electron chi connectivity index (χ3n) is 1.40. The van der Waals surface area contributed by atoms with Crippen LogP contribution < -0.4 is 5.32 Å². The molecule has 0 aliphatic heterocycles. The van der Waals surface area contributed by atoms with E-state index in [4.69, 9.17) is 4.74 Å². The maximum atomic E-state index is 4.92. The van der Waals surface area contributed by atoms with Crippen LogP contribution in [0.2, 0.25) is 0 Å². The Balaban J connectivity index is 0.00000144. The molecule has 0 aromatic carbocycles. The fraction of sp³-hybridized carbons (Fsp3) is 0.500. The van der Waals surface area contributed by atoms with Gasteiger partial charge < -0.3 is 10.1 Å². The van der Waals surface area contributed by atoms with Crippen LogP contribution in [0.3, 0.4) is 0 Å². The van der Waals surface area contributed by atoms with Gasteiger partial charge in [0.2, 0.25) is 0 Å². The lowest BCUT2D eigenvalue weighted by Crippen LogP contribution is -2.17. The smallest absolute Gasteiger partial charge is 0.0587 e. The number of rotatable bonds is 5. The van der Waals surface area contributed by atoms with Crippen LogP contribution in [0.1, 0.15) is 4.88 Å². The number of thiophene rings is 1. The van der Waals surface area contributed by atoms with Crippen molar-refractivity contribution in [2.24, 2.45) is 0 Å². The van der Waals surface area contributed by atoms with E-state index in [0.717, 1.165) is 24.2 Å². The first-order valence-electron chi connectivity index (χ1n) is 3.75. The van der Waals surface area contributed by atoms with Gasteiger partial charge in [-0.15, -0.1) is 23.7 Å². The molecule has 0 fully saturated rings. The van der Waals surface area contributed by atoms with Crippen LogP contribution in [0.15, 0.2) is 15.9 Å². The van der Waals surface area contributed by atoms with Gasteiger partial charge in [-0.1, -0.05) is 0 Å². The lowest BCUT2D eigenvalue weighted by molar-refractivity contribution is 0.199. The predicted molar refractivity (Wildman–Crippen MR) is 62.8 cm³/mol. The SMILES string of the molecule is COCCNCc1cc(Br)cs1.Cl. The van der Waals surface area contributed by atoms with E-state index >= 15 is 0 Å². The molecular formula is C8H13BrClNOS. The summed E-state index contributed by atoms with van der Waals surface area (Å²) in [6, 6.07) is 2.13. The highest BCUT2D eigenvalue weighted by Crippen LogP contribution is 2.19. The molecule has 1 aromatic rings. The zero-order chi connectivity index (χ0) is 8.81. The monoisotopic (exact) mass is 285 g/mol. The quantitative estimate of drug-likeness (QED) is 0.840. The van der Waals surface area contributed by atoms with Gasteiger partial charge in [-0.05, 0) is 22.0 Å². The lowest BCUT2D eigenvalue weighted by Gasteiger charge is -2.00. The van der Waals surface area contributed by atoms with Gasteiger partial charge in [0, 0.05) is 34.9 Å². The van der Waals surface area contributed by atoms with Crippen molar-refractivity contribution in [3.8, 4) is 0 Å². The molecule has 0 radical (unpaired) electrons. The average Bonchev–Trinajstić information content (AvgIpc) is 2.45. The summed E-state index contributed by atoms with van der Waals surface area (Å²) in [5.41, 5.74) is 0. The minimum Gasteiger partial charge on any atom is -0.383 e. The summed E-state index contributed by atoms with van der Waals surface area (Å²) < 4.78 is 6.08. The van der Waals surface area contributed by atoms with Crippen LogP contribution in [0, 0.1) is 0 Å². The molecule has 0 unspecified atom stereocenters. The van der Waals surface area contributed by atoms with E-state index in [2.05, 4.69) is 32.7 Å². The number of halogens is 2. The van der Waals surface area contributed by atoms with E-state index in [9.17, 15) is 0 Å². The Morgan fingerprint density at radius 2 is 2.38 bits per heavy atom. The molecule has 5 heteroatoms. The van der Waals surface area contributed by atoms with Gasteiger partial charge in [0.15, 0.2) is 0 Å². The van der Waals surface area contributed by atoms with Crippen molar-refractivity contribution in [2.45, 2.75) is 6.54 Å². The number of nitrogens with one attached hydrogen (secondary N) is 1. The molecule has 0 amide bonds. The minimum absolute atomic E-state index is 0. The van der Waals surface area contributed by atoms with Gasteiger partial charge in [0.25, 0.3) is 0 Å². The molecule has 2 nitrogen and oxygen atoms in total. The van der Waals surface area contributed by atoms with Crippen LogP contribution in [0.25, 0.3) is 0 Å². The van der Waals surface area contributed by atoms with Crippen LogP contribution in [-0.2, 0) is 11.3 Å². The molecule has 1 aromatic heterocycles. The Labute approximate surface area is 97.2 Å². The van der Waals surface area contributed by atoms with Crippen molar-refractivity contribution >= 4 is 39.7 Å². The first-order chi connectivity index (χ1) is 5.83. The molecule has 76 valence electrons. The van der Waals surface area contributed by atoms with Crippen molar-refractivity contribution < 1.29 is 4.74 Å². The maximum Gasteiger partial charge on any atom is 0.0587 e. The molecular weight excluding hydrogens is 274 g/mol. The Morgan fingerprint density at radius 3 is 2.92 bits per heavy atom.